The van der Waals surface area contributed by atoms with E-state index in [1.54, 1.807) is 30.3 Å². The number of amides is 1. The van der Waals surface area contributed by atoms with Crippen molar-refractivity contribution in [2.24, 2.45) is 0 Å². The van der Waals surface area contributed by atoms with Crippen molar-refractivity contribution in [3.8, 4) is 5.75 Å². The zero-order chi connectivity index (χ0) is 23.5. The molecule has 2 saturated heterocycles. The van der Waals surface area contributed by atoms with Crippen LogP contribution < -0.4 is 10.1 Å². The average molecular weight is 466 g/mol. The van der Waals surface area contributed by atoms with Crippen LogP contribution in [0.2, 0.25) is 0 Å². The lowest BCUT2D eigenvalue weighted by Crippen LogP contribution is -2.47. The van der Waals surface area contributed by atoms with Gasteiger partial charge in [0.1, 0.15) is 24.1 Å². The van der Waals surface area contributed by atoms with Gasteiger partial charge in [-0.05, 0) is 23.8 Å². The molecule has 2 aromatic carbocycles. The fraction of sp³-hybridized carbons (Fsp3) is 0.458. The van der Waals surface area contributed by atoms with Gasteiger partial charge < -0.3 is 19.7 Å². The van der Waals surface area contributed by atoms with Gasteiger partial charge in [-0.15, -0.1) is 0 Å². The number of nitrogens with zero attached hydrogens (tertiary/aromatic N) is 1. The Morgan fingerprint density at radius 1 is 1.12 bits per heavy atom. The lowest BCUT2D eigenvalue weighted by Gasteiger charge is -2.37. The highest BCUT2D eigenvalue weighted by atomic mass is 19.4. The van der Waals surface area contributed by atoms with Crippen LogP contribution in [0.25, 0.3) is 0 Å². The molecule has 178 valence electrons. The lowest BCUT2D eigenvalue weighted by molar-refractivity contribution is -0.137. The van der Waals surface area contributed by atoms with E-state index >= 15 is 0 Å². The molecule has 0 saturated carbocycles. The van der Waals surface area contributed by atoms with Gasteiger partial charge >= 0.3 is 12.3 Å². The maximum absolute atomic E-state index is 13.4. The van der Waals surface area contributed by atoms with Gasteiger partial charge in [0.05, 0.1) is 12.1 Å². The minimum Gasteiger partial charge on any atom is -0.485 e. The number of nitrogens with one attached hydrogen (secondary N) is 1. The van der Waals surface area contributed by atoms with Crippen LogP contribution in [-0.4, -0.2) is 42.8 Å². The third-order valence-corrected chi connectivity index (χ3v) is 6.31. The molecule has 9 heteroatoms. The summed E-state index contributed by atoms with van der Waals surface area (Å²) in [6.45, 7) is 1.74. The number of piperidine rings is 1. The smallest absolute Gasteiger partial charge is 0.416 e. The van der Waals surface area contributed by atoms with E-state index in [1.807, 2.05) is 0 Å². The summed E-state index contributed by atoms with van der Waals surface area (Å²) in [5, 5.41) is 2.70. The number of para-hydroxylation sites is 1. The molecule has 1 spiro atoms. The first-order valence-electron chi connectivity index (χ1n) is 10.9. The second-order valence-electron chi connectivity index (χ2n) is 8.53. The van der Waals surface area contributed by atoms with Crippen molar-refractivity contribution >= 4 is 6.09 Å². The molecule has 1 atom stereocenters. The number of rotatable bonds is 7. The van der Waals surface area contributed by atoms with Crippen LogP contribution >= 0.6 is 0 Å². The van der Waals surface area contributed by atoms with Crippen molar-refractivity contribution in [2.75, 3.05) is 26.2 Å². The Morgan fingerprint density at radius 3 is 2.55 bits per heavy atom. The van der Waals surface area contributed by atoms with E-state index in [-0.39, 0.29) is 0 Å². The van der Waals surface area contributed by atoms with Gasteiger partial charge in [-0.2, -0.15) is 13.2 Å². The fourth-order valence-electron chi connectivity index (χ4n) is 4.36. The summed E-state index contributed by atoms with van der Waals surface area (Å²) in [5.41, 5.74) is -0.474. The van der Waals surface area contributed by atoms with Crippen LogP contribution in [0.3, 0.4) is 0 Å². The minimum absolute atomic E-state index is 0.323. The molecule has 1 N–H and O–H groups in total. The van der Waals surface area contributed by atoms with E-state index in [0.29, 0.717) is 62.3 Å². The highest BCUT2D eigenvalue weighted by Gasteiger charge is 2.42. The second-order valence-corrected chi connectivity index (χ2v) is 8.53. The van der Waals surface area contributed by atoms with Crippen molar-refractivity contribution < 1.29 is 31.8 Å². The van der Waals surface area contributed by atoms with Gasteiger partial charge in [-0.25, -0.2) is 9.18 Å². The monoisotopic (exact) mass is 466 g/mol. The largest absolute Gasteiger partial charge is 0.485 e. The second kappa shape index (κ2) is 9.59. The van der Waals surface area contributed by atoms with Crippen LogP contribution in [-0.2, 0) is 17.6 Å². The standard InChI is InChI=1S/C24H26F4N2O3/c25-15-18-4-1-2-7-20(18)32-21(17-5-3-6-19(14-17)24(26,27)28)8-11-30-12-9-23(10-13-30)16-29-22(31)33-23/h1-7,14,21H,8-13,15-16H2,(H,29,31). The van der Waals surface area contributed by atoms with Crippen LogP contribution in [0.15, 0.2) is 48.5 Å². The molecular weight excluding hydrogens is 440 g/mol. The quantitative estimate of drug-likeness (QED) is 0.566. The summed E-state index contributed by atoms with van der Waals surface area (Å²) < 4.78 is 64.8. The highest BCUT2D eigenvalue weighted by molar-refractivity contribution is 5.70. The fourth-order valence-corrected chi connectivity index (χ4v) is 4.36. The van der Waals surface area contributed by atoms with Crippen molar-refractivity contribution in [3.63, 3.8) is 0 Å². The molecule has 2 fully saturated rings. The number of carbonyl (C=O) groups is 1. The molecule has 0 aliphatic carbocycles. The first-order valence-corrected chi connectivity index (χ1v) is 10.9. The Morgan fingerprint density at radius 2 is 1.88 bits per heavy atom. The SMILES string of the molecule is O=C1NCC2(CCN(CCC(Oc3ccccc3CF)c3cccc(C(F)(F)F)c3)CC2)O1. The van der Waals surface area contributed by atoms with E-state index in [0.717, 1.165) is 12.1 Å². The van der Waals surface area contributed by atoms with Crippen molar-refractivity contribution in [3.05, 3.63) is 65.2 Å². The first kappa shape index (κ1) is 23.4. The molecule has 0 bridgehead atoms. The van der Waals surface area contributed by atoms with E-state index < -0.39 is 36.2 Å². The topological polar surface area (TPSA) is 50.8 Å². The summed E-state index contributed by atoms with van der Waals surface area (Å²) in [4.78, 5) is 13.6. The van der Waals surface area contributed by atoms with Gasteiger partial charge in [-0.3, -0.25) is 0 Å². The minimum atomic E-state index is -4.47. The molecule has 1 amide bonds. The summed E-state index contributed by atoms with van der Waals surface area (Å²) in [6, 6.07) is 11.7. The van der Waals surface area contributed by atoms with E-state index in [1.165, 1.54) is 6.07 Å². The van der Waals surface area contributed by atoms with Crippen molar-refractivity contribution in [1.29, 1.82) is 0 Å². The molecular formula is C24H26F4N2O3. The maximum atomic E-state index is 13.4. The Labute approximate surface area is 189 Å². The Hall–Kier alpha value is -2.81. The molecule has 2 aromatic rings. The van der Waals surface area contributed by atoms with E-state index in [9.17, 15) is 22.4 Å². The average Bonchev–Trinajstić information content (AvgIpc) is 3.17. The van der Waals surface area contributed by atoms with Crippen molar-refractivity contribution in [2.45, 2.75) is 43.8 Å². The number of likely N-dealkylation sites (tertiary alicyclic amines) is 1. The molecule has 0 aromatic heterocycles. The highest BCUT2D eigenvalue weighted by Crippen LogP contribution is 2.35. The number of alkyl carbamates (subject to hydrolysis) is 1. The summed E-state index contributed by atoms with van der Waals surface area (Å²) in [6.07, 6.45) is -3.75. The molecule has 4 rings (SSSR count). The number of hydrogen-bond donors (Lipinski definition) is 1. The van der Waals surface area contributed by atoms with Crippen LogP contribution in [0, 0.1) is 0 Å². The third kappa shape index (κ3) is 5.58. The van der Waals surface area contributed by atoms with Gasteiger partial charge in [0.15, 0.2) is 0 Å². The maximum Gasteiger partial charge on any atom is 0.416 e. The molecule has 2 heterocycles. The van der Waals surface area contributed by atoms with Gasteiger partial charge in [-0.1, -0.05) is 30.3 Å². The molecule has 33 heavy (non-hydrogen) atoms. The molecule has 2 aliphatic heterocycles. The van der Waals surface area contributed by atoms with E-state index in [4.69, 9.17) is 9.47 Å². The zero-order valence-corrected chi connectivity index (χ0v) is 18.0. The summed E-state index contributed by atoms with van der Waals surface area (Å²) in [5.74, 6) is 0.323. The normalized spacial score (nSPS) is 19.2. The predicted molar refractivity (Wildman–Crippen MR) is 114 cm³/mol. The number of ether oxygens (including phenoxy) is 2. The third-order valence-electron chi connectivity index (χ3n) is 6.31. The molecule has 5 nitrogen and oxygen atoms in total. The van der Waals surface area contributed by atoms with Crippen molar-refractivity contribution in [1.82, 2.24) is 10.2 Å². The number of hydrogen-bond acceptors (Lipinski definition) is 4. The van der Waals surface area contributed by atoms with E-state index in [2.05, 4.69) is 10.2 Å². The summed E-state index contributed by atoms with van der Waals surface area (Å²) >= 11 is 0. The molecule has 1 unspecified atom stereocenters. The Kier molecular flexibility index (Phi) is 6.78. The number of carbonyl (C=O) groups excluding carboxylic acids is 1. The molecule has 0 radical (unpaired) electrons. The van der Waals surface area contributed by atoms with Crippen LogP contribution in [0.4, 0.5) is 22.4 Å². The lowest BCUT2D eigenvalue weighted by atomic mass is 9.91. The van der Waals surface area contributed by atoms with Crippen LogP contribution in [0.5, 0.6) is 5.75 Å². The Balaban J connectivity index is 1.48. The van der Waals surface area contributed by atoms with Crippen LogP contribution in [0.1, 0.15) is 42.1 Å². The first-order chi connectivity index (χ1) is 15.8. The predicted octanol–water partition coefficient (Wildman–Crippen LogP) is 5.26. The summed E-state index contributed by atoms with van der Waals surface area (Å²) in [7, 11) is 0. The van der Waals surface area contributed by atoms with Gasteiger partial charge in [0.25, 0.3) is 0 Å². The number of benzene rings is 2. The van der Waals surface area contributed by atoms with Gasteiger partial charge in [0.2, 0.25) is 0 Å². The van der Waals surface area contributed by atoms with Gasteiger partial charge in [0, 0.05) is 44.5 Å². The number of halogens is 4. The zero-order valence-electron chi connectivity index (χ0n) is 18.0. The molecule has 2 aliphatic rings. The Bertz CT molecular complexity index is 974. The number of alkyl halides is 4.